The summed E-state index contributed by atoms with van der Waals surface area (Å²) >= 11 is 4.71. The zero-order chi connectivity index (χ0) is 18.4. The summed E-state index contributed by atoms with van der Waals surface area (Å²) in [5.74, 6) is -1.99. The van der Waals surface area contributed by atoms with Crippen LogP contribution in [-0.4, -0.2) is 59.8 Å². The number of nitrogens with zero attached hydrogens (tertiary/aromatic N) is 1. The average Bonchev–Trinajstić information content (AvgIpc) is 2.62. The minimum atomic E-state index is -1.69. The number of halogens is 2. The number of alkyl halides is 2. The number of fused-ring (bicyclic) bond motifs is 1. The maximum atomic E-state index is 12.8. The summed E-state index contributed by atoms with van der Waals surface area (Å²) in [7, 11) is 0. The van der Waals surface area contributed by atoms with Crippen LogP contribution in [0.5, 0.6) is 0 Å². The molecule has 2 amide bonds. The number of nitrogens with one attached hydrogen (secondary N) is 1. The van der Waals surface area contributed by atoms with Gasteiger partial charge >= 0.3 is 5.97 Å². The van der Waals surface area contributed by atoms with Crippen LogP contribution in [0.25, 0.3) is 0 Å². The Morgan fingerprint density at radius 3 is 2.60 bits per heavy atom. The Kier molecular flexibility index (Phi) is 5.16. The smallest absolute Gasteiger partial charge is 0.318 e. The first-order valence-corrected chi connectivity index (χ1v) is 10.6. The van der Waals surface area contributed by atoms with Gasteiger partial charge in [-0.05, 0) is 39.2 Å². The number of carboxylic acids is 1. The lowest BCUT2D eigenvalue weighted by Gasteiger charge is -2.54. The van der Waals surface area contributed by atoms with Crippen LogP contribution in [0.3, 0.4) is 0 Å². The summed E-state index contributed by atoms with van der Waals surface area (Å²) in [6.45, 7) is -0.0730. The molecule has 2 saturated heterocycles. The highest BCUT2D eigenvalue weighted by atomic mass is 79.9. The number of β-lactam (4-membered cyclic amide) rings is 1. The number of rotatable bonds is 4. The third-order valence-electron chi connectivity index (χ3n) is 4.46. The lowest BCUT2D eigenvalue weighted by atomic mass is 9.89. The zero-order valence-corrected chi connectivity index (χ0v) is 16.7. The molecule has 25 heavy (non-hydrogen) atoms. The largest absolute Gasteiger partial charge is 0.614 e. The van der Waals surface area contributed by atoms with Crippen LogP contribution in [0, 0.1) is 5.41 Å². The predicted octanol–water partition coefficient (Wildman–Crippen LogP) is 0.903. The van der Waals surface area contributed by atoms with Crippen molar-refractivity contribution in [2.75, 3.05) is 11.9 Å². The Balaban J connectivity index is 1.79. The number of carbonyl (C=O) groups is 3. The molecule has 2 aliphatic rings. The van der Waals surface area contributed by atoms with Crippen molar-refractivity contribution in [3.8, 4) is 0 Å². The van der Waals surface area contributed by atoms with E-state index >= 15 is 0 Å². The second-order valence-corrected chi connectivity index (χ2v) is 9.61. The van der Waals surface area contributed by atoms with Crippen molar-refractivity contribution in [1.82, 2.24) is 10.2 Å². The van der Waals surface area contributed by atoms with E-state index in [1.807, 2.05) is 0 Å². The zero-order valence-electron chi connectivity index (χ0n) is 12.7. The van der Waals surface area contributed by atoms with Crippen LogP contribution in [0.15, 0.2) is 30.3 Å². The third-order valence-corrected chi connectivity index (χ3v) is 9.30. The molecule has 2 aliphatic heterocycles. The molecule has 3 rings (SSSR count). The van der Waals surface area contributed by atoms with Gasteiger partial charge in [-0.3, -0.25) is 19.3 Å². The summed E-state index contributed by atoms with van der Waals surface area (Å²) in [6, 6.07) is 7.48. The quantitative estimate of drug-likeness (QED) is 0.368. The van der Waals surface area contributed by atoms with Gasteiger partial charge in [0.2, 0.25) is 5.37 Å². The first kappa shape index (κ1) is 18.7. The summed E-state index contributed by atoms with van der Waals surface area (Å²) in [5, 5.41) is 11.5. The number of amides is 2. The highest BCUT2D eigenvalue weighted by Gasteiger charge is 2.68. The lowest BCUT2D eigenvalue weighted by molar-refractivity contribution is -0.157. The van der Waals surface area contributed by atoms with E-state index in [0.717, 1.165) is 0 Å². The third kappa shape index (κ3) is 2.88. The van der Waals surface area contributed by atoms with E-state index in [1.165, 1.54) is 4.90 Å². The van der Waals surface area contributed by atoms with E-state index in [-0.39, 0.29) is 11.9 Å². The van der Waals surface area contributed by atoms with Crippen LogP contribution < -0.4 is 5.32 Å². The van der Waals surface area contributed by atoms with Crippen molar-refractivity contribution >= 4 is 60.8 Å². The van der Waals surface area contributed by atoms with Gasteiger partial charge in [0.25, 0.3) is 11.8 Å². The summed E-state index contributed by atoms with van der Waals surface area (Å²) in [4.78, 5) is 37.6. The van der Waals surface area contributed by atoms with Crippen LogP contribution in [0.2, 0.25) is 0 Å². The minimum Gasteiger partial charge on any atom is -0.614 e. The monoisotopic (exact) mass is 492 g/mol. The molecule has 1 aromatic rings. The molecule has 5 atom stereocenters. The van der Waals surface area contributed by atoms with Crippen molar-refractivity contribution in [1.29, 1.82) is 0 Å². The molecule has 2 N–H and O–H groups in total. The van der Waals surface area contributed by atoms with E-state index in [0.29, 0.717) is 5.56 Å². The molecule has 134 valence electrons. The Morgan fingerprint density at radius 2 is 2.04 bits per heavy atom. The van der Waals surface area contributed by atoms with Gasteiger partial charge in [0.05, 0.1) is 0 Å². The fourth-order valence-electron chi connectivity index (χ4n) is 2.94. The van der Waals surface area contributed by atoms with E-state index in [2.05, 4.69) is 37.2 Å². The van der Waals surface area contributed by atoms with Gasteiger partial charge in [-0.2, -0.15) is 0 Å². The molecule has 1 aromatic carbocycles. The molecular formula is C15H14Br2N2O5S. The minimum absolute atomic E-state index is 0.0501. The van der Waals surface area contributed by atoms with Gasteiger partial charge < -0.3 is 15.0 Å². The van der Waals surface area contributed by atoms with E-state index in [1.54, 1.807) is 30.3 Å². The molecule has 0 radical (unpaired) electrons. The van der Waals surface area contributed by atoms with Crippen molar-refractivity contribution in [2.45, 2.75) is 15.6 Å². The standard InChI is InChI=1S/C15H14Br2N2O5S/c16-6-15(14(22)23)7-19-11(21)9(12(19)25(24)13(15)17)18-10(20)8-4-2-1-3-5-8/h1-5,9,12-13H,6-7H2,(H,18,20)(H,22,23)/t9?,12-,13?,15?,25?/m1/s1. The second-order valence-electron chi connectivity index (χ2n) is 5.91. The molecule has 0 saturated carbocycles. The first-order valence-electron chi connectivity index (χ1n) is 7.32. The number of benzene rings is 1. The molecule has 0 aliphatic carbocycles. The van der Waals surface area contributed by atoms with Gasteiger partial charge in [-0.15, -0.1) is 0 Å². The Labute approximate surface area is 163 Å². The summed E-state index contributed by atoms with van der Waals surface area (Å²) < 4.78 is 11.9. The molecule has 10 heteroatoms. The fraction of sp³-hybridized carbons (Fsp3) is 0.400. The molecule has 2 fully saturated rings. The van der Waals surface area contributed by atoms with Crippen molar-refractivity contribution in [3.63, 3.8) is 0 Å². The van der Waals surface area contributed by atoms with Gasteiger partial charge in [-0.1, -0.05) is 34.1 Å². The van der Waals surface area contributed by atoms with Crippen LogP contribution >= 0.6 is 31.9 Å². The number of aliphatic carboxylic acids is 1. The number of carbonyl (C=O) groups excluding carboxylic acids is 2. The van der Waals surface area contributed by atoms with Gasteiger partial charge in [0.1, 0.15) is 0 Å². The molecular weight excluding hydrogens is 480 g/mol. The Bertz CT molecular complexity index is 721. The Morgan fingerprint density at radius 1 is 1.40 bits per heavy atom. The van der Waals surface area contributed by atoms with Crippen LogP contribution in [0.1, 0.15) is 10.4 Å². The Hall–Kier alpha value is -1.10. The van der Waals surface area contributed by atoms with E-state index < -0.39 is 49.9 Å². The fourth-order valence-corrected chi connectivity index (χ4v) is 7.33. The number of carboxylic acid groups (broad SMARTS) is 1. The van der Waals surface area contributed by atoms with Crippen molar-refractivity contribution in [3.05, 3.63) is 35.9 Å². The van der Waals surface area contributed by atoms with Gasteiger partial charge in [0.15, 0.2) is 15.6 Å². The topological polar surface area (TPSA) is 110 Å². The van der Waals surface area contributed by atoms with E-state index in [4.69, 9.17) is 0 Å². The lowest BCUT2D eigenvalue weighted by Crippen LogP contribution is -2.79. The van der Waals surface area contributed by atoms with Gasteiger partial charge in [0, 0.05) is 17.4 Å². The number of hydrogen-bond acceptors (Lipinski definition) is 4. The summed E-state index contributed by atoms with van der Waals surface area (Å²) in [5.41, 5.74) is -0.989. The molecule has 0 spiro atoms. The first-order chi connectivity index (χ1) is 11.8. The van der Waals surface area contributed by atoms with Crippen molar-refractivity contribution in [2.24, 2.45) is 5.41 Å². The van der Waals surface area contributed by atoms with E-state index in [9.17, 15) is 24.0 Å². The second kappa shape index (κ2) is 6.90. The van der Waals surface area contributed by atoms with Crippen LogP contribution in [-0.2, 0) is 20.8 Å². The molecule has 2 heterocycles. The maximum Gasteiger partial charge on any atom is 0.318 e. The molecule has 4 unspecified atom stereocenters. The van der Waals surface area contributed by atoms with Gasteiger partial charge in [-0.25, -0.2) is 0 Å². The highest BCUT2D eigenvalue weighted by Crippen LogP contribution is 2.46. The predicted molar refractivity (Wildman–Crippen MR) is 97.9 cm³/mol. The normalized spacial score (nSPS) is 34.0. The average molecular weight is 494 g/mol. The molecule has 0 bridgehead atoms. The molecule has 7 nitrogen and oxygen atoms in total. The maximum absolute atomic E-state index is 12.8. The van der Waals surface area contributed by atoms with Crippen LogP contribution in [0.4, 0.5) is 0 Å². The highest BCUT2D eigenvalue weighted by molar-refractivity contribution is 9.11. The molecule has 0 aromatic heterocycles. The number of hydrogen-bond donors (Lipinski definition) is 2. The SMILES string of the molecule is O=C(NC1C(=O)N2CC(CBr)(C(=O)O)C(Br)[S+]([O-])[C@H]12)c1ccccc1. The van der Waals surface area contributed by atoms with Crippen molar-refractivity contribution < 1.29 is 24.0 Å². The summed E-state index contributed by atoms with van der Waals surface area (Å²) in [6.07, 6.45) is 0.